The summed E-state index contributed by atoms with van der Waals surface area (Å²) < 4.78 is 0.675. The van der Waals surface area contributed by atoms with Crippen LogP contribution in [0.25, 0.3) is 0 Å². The quantitative estimate of drug-likeness (QED) is 0.457. The SMILES string of the molecule is CCNC(=NCc1ccnc(N2CCN(C)CC2)c1)NCC(O)c1ccc(Cl)s1. The third kappa shape index (κ3) is 6.57. The van der Waals surface area contributed by atoms with Crippen molar-refractivity contribution in [3.05, 3.63) is 45.2 Å². The molecule has 3 N–H and O–H groups in total. The maximum Gasteiger partial charge on any atom is 0.191 e. The first kappa shape index (κ1) is 21.8. The molecule has 9 heteroatoms. The highest BCUT2D eigenvalue weighted by molar-refractivity contribution is 7.16. The Kier molecular flexibility index (Phi) is 8.11. The average Bonchev–Trinajstić information content (AvgIpc) is 3.17. The van der Waals surface area contributed by atoms with Crippen molar-refractivity contribution in [2.75, 3.05) is 51.2 Å². The minimum absolute atomic E-state index is 0.367. The molecule has 1 saturated heterocycles. The van der Waals surface area contributed by atoms with Gasteiger partial charge in [-0.3, -0.25) is 0 Å². The van der Waals surface area contributed by atoms with Crippen molar-refractivity contribution in [2.45, 2.75) is 19.6 Å². The fraction of sp³-hybridized carbons (Fsp3) is 0.500. The number of thiophene rings is 1. The summed E-state index contributed by atoms with van der Waals surface area (Å²) in [5.41, 5.74) is 1.11. The molecule has 0 saturated carbocycles. The number of rotatable bonds is 7. The van der Waals surface area contributed by atoms with Crippen molar-refractivity contribution in [1.29, 1.82) is 0 Å². The summed E-state index contributed by atoms with van der Waals surface area (Å²) in [6.45, 7) is 7.76. The maximum atomic E-state index is 10.3. The Balaban J connectivity index is 1.58. The summed E-state index contributed by atoms with van der Waals surface area (Å²) in [7, 11) is 2.15. The van der Waals surface area contributed by atoms with Gasteiger partial charge in [-0.05, 0) is 43.8 Å². The predicted molar refractivity (Wildman–Crippen MR) is 121 cm³/mol. The number of halogens is 1. The van der Waals surface area contributed by atoms with Crippen LogP contribution in [0.1, 0.15) is 23.5 Å². The lowest BCUT2D eigenvalue weighted by Crippen LogP contribution is -2.44. The molecular weight excluding hydrogens is 408 g/mol. The Bertz CT molecular complexity index is 806. The lowest BCUT2D eigenvalue weighted by molar-refractivity contribution is 0.184. The predicted octanol–water partition coefficient (Wildman–Crippen LogP) is 2.34. The van der Waals surface area contributed by atoms with E-state index in [2.05, 4.69) is 43.5 Å². The van der Waals surface area contributed by atoms with Gasteiger partial charge >= 0.3 is 0 Å². The molecule has 0 bridgehead atoms. The molecule has 0 radical (unpaired) electrons. The highest BCUT2D eigenvalue weighted by Crippen LogP contribution is 2.26. The van der Waals surface area contributed by atoms with Crippen LogP contribution in [0.5, 0.6) is 0 Å². The Morgan fingerprint density at radius 2 is 2.07 bits per heavy atom. The first-order valence-electron chi connectivity index (χ1n) is 9.89. The van der Waals surface area contributed by atoms with E-state index in [1.165, 1.54) is 11.3 Å². The number of aliphatic hydroxyl groups excluding tert-OH is 1. The number of likely N-dealkylation sites (N-methyl/N-ethyl adjacent to an activating group) is 1. The van der Waals surface area contributed by atoms with Crippen LogP contribution in [0.3, 0.4) is 0 Å². The van der Waals surface area contributed by atoms with Crippen LogP contribution in [0.4, 0.5) is 5.82 Å². The number of nitrogens with one attached hydrogen (secondary N) is 2. The Morgan fingerprint density at radius 1 is 1.28 bits per heavy atom. The van der Waals surface area contributed by atoms with Crippen molar-refractivity contribution in [2.24, 2.45) is 4.99 Å². The second-order valence-electron chi connectivity index (χ2n) is 7.05. The van der Waals surface area contributed by atoms with Crippen molar-refractivity contribution in [1.82, 2.24) is 20.5 Å². The van der Waals surface area contributed by atoms with Crippen molar-refractivity contribution in [3.63, 3.8) is 0 Å². The molecule has 1 aliphatic heterocycles. The van der Waals surface area contributed by atoms with Crippen LogP contribution in [-0.4, -0.2) is 67.3 Å². The lowest BCUT2D eigenvalue weighted by atomic mass is 10.2. The molecule has 1 atom stereocenters. The van der Waals surface area contributed by atoms with Crippen LogP contribution < -0.4 is 15.5 Å². The van der Waals surface area contributed by atoms with Gasteiger partial charge in [0.2, 0.25) is 0 Å². The smallest absolute Gasteiger partial charge is 0.191 e. The number of aromatic nitrogens is 1. The molecule has 0 amide bonds. The molecule has 1 aliphatic rings. The molecule has 7 nitrogen and oxygen atoms in total. The molecule has 0 aliphatic carbocycles. The van der Waals surface area contributed by atoms with E-state index in [4.69, 9.17) is 11.6 Å². The van der Waals surface area contributed by atoms with E-state index in [1.54, 1.807) is 6.07 Å². The Labute approximate surface area is 181 Å². The molecule has 1 unspecified atom stereocenters. The number of piperazine rings is 1. The first-order valence-corrected chi connectivity index (χ1v) is 11.1. The molecule has 0 spiro atoms. The van der Waals surface area contributed by atoms with E-state index in [0.717, 1.165) is 49.0 Å². The molecule has 3 heterocycles. The summed E-state index contributed by atoms with van der Waals surface area (Å²) in [6.07, 6.45) is 1.23. The van der Waals surface area contributed by atoms with Crippen LogP contribution in [0.15, 0.2) is 35.5 Å². The van der Waals surface area contributed by atoms with Gasteiger partial charge in [0, 0.05) is 50.3 Å². The summed E-state index contributed by atoms with van der Waals surface area (Å²) in [4.78, 5) is 14.7. The number of pyridine rings is 1. The Hall–Kier alpha value is -1.87. The lowest BCUT2D eigenvalue weighted by Gasteiger charge is -2.33. The number of guanidine groups is 1. The molecule has 0 aromatic carbocycles. The van der Waals surface area contributed by atoms with Crippen LogP contribution in [0, 0.1) is 0 Å². The standard InChI is InChI=1S/C20H29ClN6OS/c1-3-22-20(25-14-16(28)17-4-5-18(21)29-17)24-13-15-6-7-23-19(12-15)27-10-8-26(2)9-11-27/h4-7,12,16,28H,3,8-11,13-14H2,1-2H3,(H2,22,24,25). The average molecular weight is 437 g/mol. The third-order valence-corrected chi connectivity index (χ3v) is 6.12. The van der Waals surface area contributed by atoms with Crippen LogP contribution in [-0.2, 0) is 6.54 Å². The minimum Gasteiger partial charge on any atom is -0.386 e. The van der Waals surface area contributed by atoms with Gasteiger partial charge in [0.05, 0.1) is 10.9 Å². The fourth-order valence-corrected chi connectivity index (χ4v) is 4.13. The molecule has 1 fully saturated rings. The second-order valence-corrected chi connectivity index (χ2v) is 8.79. The maximum absolute atomic E-state index is 10.3. The van der Waals surface area contributed by atoms with E-state index in [0.29, 0.717) is 23.4 Å². The molecule has 2 aromatic rings. The number of anilines is 1. The van der Waals surface area contributed by atoms with Crippen molar-refractivity contribution < 1.29 is 5.11 Å². The van der Waals surface area contributed by atoms with E-state index in [-0.39, 0.29) is 0 Å². The van der Waals surface area contributed by atoms with Crippen molar-refractivity contribution in [3.8, 4) is 0 Å². The summed E-state index contributed by atoms with van der Waals surface area (Å²) >= 11 is 7.34. The zero-order chi connectivity index (χ0) is 20.6. The largest absolute Gasteiger partial charge is 0.386 e. The van der Waals surface area contributed by atoms with Gasteiger partial charge in [0.25, 0.3) is 0 Å². The molecular formula is C20H29ClN6OS. The van der Waals surface area contributed by atoms with E-state index in [9.17, 15) is 5.11 Å². The monoisotopic (exact) mass is 436 g/mol. The minimum atomic E-state index is -0.624. The summed E-state index contributed by atoms with van der Waals surface area (Å²) in [6, 6.07) is 7.75. The van der Waals surface area contributed by atoms with E-state index >= 15 is 0 Å². The van der Waals surface area contributed by atoms with Gasteiger partial charge in [-0.2, -0.15) is 0 Å². The van der Waals surface area contributed by atoms with Crippen molar-refractivity contribution >= 4 is 34.7 Å². The van der Waals surface area contributed by atoms with Gasteiger partial charge < -0.3 is 25.5 Å². The van der Waals surface area contributed by atoms with E-state index < -0.39 is 6.10 Å². The number of hydrogen-bond acceptors (Lipinski definition) is 6. The highest BCUT2D eigenvalue weighted by Gasteiger charge is 2.15. The van der Waals surface area contributed by atoms with Gasteiger partial charge in [-0.1, -0.05) is 11.6 Å². The fourth-order valence-electron chi connectivity index (χ4n) is 3.08. The van der Waals surface area contributed by atoms with Crippen LogP contribution in [0.2, 0.25) is 4.34 Å². The molecule has 3 rings (SSSR count). The van der Waals surface area contributed by atoms with Gasteiger partial charge in [0.15, 0.2) is 5.96 Å². The number of hydrogen-bond donors (Lipinski definition) is 3. The number of aliphatic hydroxyl groups is 1. The normalized spacial score (nSPS) is 16.7. The van der Waals surface area contributed by atoms with Crippen LogP contribution >= 0.6 is 22.9 Å². The summed E-state index contributed by atoms with van der Waals surface area (Å²) in [5, 5.41) is 16.7. The molecule has 158 valence electrons. The molecule has 2 aromatic heterocycles. The highest BCUT2D eigenvalue weighted by atomic mass is 35.5. The van der Waals surface area contributed by atoms with E-state index in [1.807, 2.05) is 25.3 Å². The topological polar surface area (TPSA) is 76.0 Å². The zero-order valence-corrected chi connectivity index (χ0v) is 18.5. The third-order valence-electron chi connectivity index (χ3n) is 4.79. The molecule has 29 heavy (non-hydrogen) atoms. The van der Waals surface area contributed by atoms with Gasteiger partial charge in [-0.25, -0.2) is 9.98 Å². The zero-order valence-electron chi connectivity index (χ0n) is 16.9. The Morgan fingerprint density at radius 3 is 2.76 bits per heavy atom. The summed E-state index contributed by atoms with van der Waals surface area (Å²) in [5.74, 6) is 1.68. The van der Waals surface area contributed by atoms with Gasteiger partial charge in [-0.15, -0.1) is 11.3 Å². The first-order chi connectivity index (χ1) is 14.0. The second kappa shape index (κ2) is 10.8. The number of nitrogens with zero attached hydrogens (tertiary/aromatic N) is 4. The number of aliphatic imine (C=N–C) groups is 1. The van der Waals surface area contributed by atoms with Gasteiger partial charge in [0.1, 0.15) is 11.9 Å².